The third-order valence-corrected chi connectivity index (χ3v) is 3.21. The van der Waals surface area contributed by atoms with Gasteiger partial charge in [0.25, 0.3) is 0 Å². The summed E-state index contributed by atoms with van der Waals surface area (Å²) in [6, 6.07) is 3.92. The van der Waals surface area contributed by atoms with Gasteiger partial charge in [-0.1, -0.05) is 13.8 Å². The summed E-state index contributed by atoms with van der Waals surface area (Å²) in [6.45, 7) is 4.57. The molecule has 1 amide bonds. The molecule has 0 fully saturated rings. The Balaban J connectivity index is 2.53. The lowest BCUT2D eigenvalue weighted by Crippen LogP contribution is -2.41. The second-order valence-electron chi connectivity index (χ2n) is 4.36. The minimum Gasteiger partial charge on any atom is -0.469 e. The average molecular weight is 253 g/mol. The van der Waals surface area contributed by atoms with Crippen molar-refractivity contribution in [2.45, 2.75) is 45.6 Å². The molecule has 1 aromatic rings. The van der Waals surface area contributed by atoms with Gasteiger partial charge in [-0.15, -0.1) is 0 Å². The zero-order valence-corrected chi connectivity index (χ0v) is 11.3. The molecule has 0 aromatic carbocycles. The lowest BCUT2D eigenvalue weighted by Gasteiger charge is -2.30. The van der Waals surface area contributed by atoms with Crippen LogP contribution < -0.4 is 0 Å². The Morgan fingerprint density at radius 3 is 2.67 bits per heavy atom. The van der Waals surface area contributed by atoms with Crippen molar-refractivity contribution in [3.63, 3.8) is 0 Å². The molecule has 0 aliphatic heterocycles. The zero-order valence-electron chi connectivity index (χ0n) is 11.3. The van der Waals surface area contributed by atoms with E-state index in [4.69, 9.17) is 9.52 Å². The average Bonchev–Trinajstić information content (AvgIpc) is 2.89. The Hall–Kier alpha value is -1.29. The number of rotatable bonds is 8. The van der Waals surface area contributed by atoms with Crippen LogP contribution in [0.15, 0.2) is 22.8 Å². The van der Waals surface area contributed by atoms with Crippen molar-refractivity contribution in [3.05, 3.63) is 24.2 Å². The molecule has 4 heteroatoms. The molecule has 1 N–H and O–H groups in total. The van der Waals surface area contributed by atoms with Crippen LogP contribution in [0.1, 0.15) is 38.9 Å². The minimum atomic E-state index is 0.0169. The van der Waals surface area contributed by atoms with E-state index in [1.54, 1.807) is 11.2 Å². The van der Waals surface area contributed by atoms with Crippen LogP contribution >= 0.6 is 0 Å². The molecule has 0 saturated heterocycles. The highest BCUT2D eigenvalue weighted by Crippen LogP contribution is 2.12. The molecule has 102 valence electrons. The lowest BCUT2D eigenvalue weighted by molar-refractivity contribution is -0.134. The summed E-state index contributed by atoms with van der Waals surface area (Å²) in [4.78, 5) is 14.0. The van der Waals surface area contributed by atoms with E-state index in [-0.39, 0.29) is 18.6 Å². The fourth-order valence-corrected chi connectivity index (χ4v) is 2.18. The van der Waals surface area contributed by atoms with Crippen molar-refractivity contribution in [3.8, 4) is 0 Å². The molecule has 0 bridgehead atoms. The topological polar surface area (TPSA) is 53.7 Å². The highest BCUT2D eigenvalue weighted by atomic mass is 16.3. The van der Waals surface area contributed by atoms with Crippen LogP contribution in [0.3, 0.4) is 0 Å². The quantitative estimate of drug-likeness (QED) is 0.773. The molecule has 1 aromatic heterocycles. The van der Waals surface area contributed by atoms with Gasteiger partial charge in [-0.3, -0.25) is 4.79 Å². The SMILES string of the molecule is CCC(CC)N(CCO)C(=O)CCc1ccco1. The predicted molar refractivity (Wildman–Crippen MR) is 70.2 cm³/mol. The van der Waals surface area contributed by atoms with Crippen LogP contribution in [0.2, 0.25) is 0 Å². The summed E-state index contributed by atoms with van der Waals surface area (Å²) < 4.78 is 5.22. The number of nitrogens with zero attached hydrogens (tertiary/aromatic N) is 1. The second kappa shape index (κ2) is 7.93. The summed E-state index contributed by atoms with van der Waals surface area (Å²) in [5, 5.41) is 9.07. The number of aliphatic hydroxyl groups is 1. The fraction of sp³-hybridized carbons (Fsp3) is 0.643. The van der Waals surface area contributed by atoms with Gasteiger partial charge < -0.3 is 14.4 Å². The number of carbonyl (C=O) groups excluding carboxylic acids is 1. The maximum atomic E-state index is 12.2. The molecule has 4 nitrogen and oxygen atoms in total. The first-order valence-corrected chi connectivity index (χ1v) is 6.65. The Kier molecular flexibility index (Phi) is 6.50. The predicted octanol–water partition coefficient (Wildman–Crippen LogP) is 2.22. The lowest BCUT2D eigenvalue weighted by atomic mass is 10.1. The van der Waals surface area contributed by atoms with Gasteiger partial charge in [0.1, 0.15) is 5.76 Å². The summed E-state index contributed by atoms with van der Waals surface area (Å²) >= 11 is 0. The third-order valence-electron chi connectivity index (χ3n) is 3.21. The van der Waals surface area contributed by atoms with E-state index in [1.165, 1.54) is 0 Å². The van der Waals surface area contributed by atoms with Crippen molar-refractivity contribution in [1.82, 2.24) is 4.90 Å². The van der Waals surface area contributed by atoms with Gasteiger partial charge in [0.15, 0.2) is 0 Å². The number of carbonyl (C=O) groups is 1. The Morgan fingerprint density at radius 1 is 1.44 bits per heavy atom. The molecule has 0 saturated carbocycles. The van der Waals surface area contributed by atoms with E-state index < -0.39 is 0 Å². The zero-order chi connectivity index (χ0) is 13.4. The van der Waals surface area contributed by atoms with Crippen LogP contribution in [-0.4, -0.2) is 35.1 Å². The molecule has 1 rings (SSSR count). The normalized spacial score (nSPS) is 10.9. The van der Waals surface area contributed by atoms with Gasteiger partial charge >= 0.3 is 0 Å². The van der Waals surface area contributed by atoms with E-state index in [9.17, 15) is 4.79 Å². The molecule has 0 spiro atoms. The maximum absolute atomic E-state index is 12.2. The first kappa shape index (κ1) is 14.8. The van der Waals surface area contributed by atoms with Crippen LogP contribution in [-0.2, 0) is 11.2 Å². The molecule has 1 heterocycles. The molecule has 18 heavy (non-hydrogen) atoms. The first-order valence-electron chi connectivity index (χ1n) is 6.65. The van der Waals surface area contributed by atoms with E-state index >= 15 is 0 Å². The highest BCUT2D eigenvalue weighted by molar-refractivity contribution is 5.76. The van der Waals surface area contributed by atoms with Crippen LogP contribution in [0, 0.1) is 0 Å². The van der Waals surface area contributed by atoms with Crippen LogP contribution in [0.5, 0.6) is 0 Å². The van der Waals surface area contributed by atoms with E-state index in [0.29, 0.717) is 19.4 Å². The monoisotopic (exact) mass is 253 g/mol. The summed E-state index contributed by atoms with van der Waals surface area (Å²) in [6.07, 6.45) is 4.51. The molecule has 0 unspecified atom stereocenters. The van der Waals surface area contributed by atoms with E-state index in [2.05, 4.69) is 13.8 Å². The highest BCUT2D eigenvalue weighted by Gasteiger charge is 2.20. The number of furan rings is 1. The number of aliphatic hydroxyl groups excluding tert-OH is 1. The van der Waals surface area contributed by atoms with Gasteiger partial charge in [-0.25, -0.2) is 0 Å². The summed E-state index contributed by atoms with van der Waals surface area (Å²) in [7, 11) is 0. The van der Waals surface area contributed by atoms with Gasteiger partial charge in [0, 0.05) is 25.4 Å². The summed E-state index contributed by atoms with van der Waals surface area (Å²) in [5.41, 5.74) is 0. The fourth-order valence-electron chi connectivity index (χ4n) is 2.18. The van der Waals surface area contributed by atoms with Gasteiger partial charge in [0.2, 0.25) is 5.91 Å². The Bertz CT molecular complexity index is 331. The molecule has 0 aliphatic carbocycles. The standard InChI is InChI=1S/C14H23NO3/c1-3-12(4-2)15(9-10-16)14(17)8-7-13-6-5-11-18-13/h5-6,11-12,16H,3-4,7-10H2,1-2H3. The van der Waals surface area contributed by atoms with Gasteiger partial charge in [0.05, 0.1) is 12.9 Å². The van der Waals surface area contributed by atoms with Gasteiger partial charge in [-0.2, -0.15) is 0 Å². The van der Waals surface area contributed by atoms with Crippen molar-refractivity contribution in [2.75, 3.05) is 13.2 Å². The van der Waals surface area contributed by atoms with Crippen molar-refractivity contribution < 1.29 is 14.3 Å². The molecule has 0 aliphatic rings. The number of amides is 1. The Labute approximate surface area is 109 Å². The van der Waals surface area contributed by atoms with Crippen molar-refractivity contribution >= 4 is 5.91 Å². The molecule has 0 radical (unpaired) electrons. The number of aryl methyl sites for hydroxylation is 1. The summed E-state index contributed by atoms with van der Waals surface area (Å²) in [5.74, 6) is 0.922. The Morgan fingerprint density at radius 2 is 2.17 bits per heavy atom. The maximum Gasteiger partial charge on any atom is 0.223 e. The van der Waals surface area contributed by atoms with E-state index in [0.717, 1.165) is 18.6 Å². The van der Waals surface area contributed by atoms with Crippen LogP contribution in [0.25, 0.3) is 0 Å². The van der Waals surface area contributed by atoms with E-state index in [1.807, 2.05) is 12.1 Å². The molecule has 0 atom stereocenters. The smallest absolute Gasteiger partial charge is 0.223 e. The first-order chi connectivity index (χ1) is 8.72. The van der Waals surface area contributed by atoms with Crippen molar-refractivity contribution in [1.29, 1.82) is 0 Å². The number of hydrogen-bond acceptors (Lipinski definition) is 3. The second-order valence-corrected chi connectivity index (χ2v) is 4.36. The van der Waals surface area contributed by atoms with Crippen molar-refractivity contribution in [2.24, 2.45) is 0 Å². The minimum absolute atomic E-state index is 0.0169. The molecular weight excluding hydrogens is 230 g/mol. The van der Waals surface area contributed by atoms with Gasteiger partial charge in [-0.05, 0) is 25.0 Å². The van der Waals surface area contributed by atoms with Crippen LogP contribution in [0.4, 0.5) is 0 Å². The molecular formula is C14H23NO3. The largest absolute Gasteiger partial charge is 0.469 e. The number of hydrogen-bond donors (Lipinski definition) is 1. The third kappa shape index (κ3) is 4.18.